The van der Waals surface area contributed by atoms with Crippen LogP contribution in [0.2, 0.25) is 0 Å². The van der Waals surface area contributed by atoms with Crippen LogP contribution >= 0.6 is 11.8 Å². The number of thioether (sulfide) groups is 1. The van der Waals surface area contributed by atoms with Gasteiger partial charge in [0.15, 0.2) is 18.9 Å². The van der Waals surface area contributed by atoms with E-state index in [2.05, 4.69) is 16.7 Å². The number of carbonyl (C=O) groups excluding carboxylic acids is 1. The maximum atomic E-state index is 12.4. The fourth-order valence-electron chi connectivity index (χ4n) is 4.43. The van der Waals surface area contributed by atoms with Gasteiger partial charge in [0.25, 0.3) is 0 Å². The number of rotatable bonds is 7. The quantitative estimate of drug-likeness (QED) is 0.404. The smallest absolute Gasteiger partial charge is 0.352 e. The van der Waals surface area contributed by atoms with Crippen molar-refractivity contribution >= 4 is 23.6 Å². The average molecular weight is 426 g/mol. The molecule has 1 aromatic heterocycles. The molecule has 0 aliphatic carbocycles. The number of aliphatic hydroxyl groups excluding tert-OH is 1. The summed E-state index contributed by atoms with van der Waals surface area (Å²) >= 11 is 1.57. The first-order chi connectivity index (χ1) is 14.4. The summed E-state index contributed by atoms with van der Waals surface area (Å²) in [5.41, 5.74) is 2.08. The van der Waals surface area contributed by atoms with Crippen LogP contribution in [-0.4, -0.2) is 44.9 Å². The van der Waals surface area contributed by atoms with Gasteiger partial charge in [-0.05, 0) is 12.5 Å². The first-order valence-corrected chi connectivity index (χ1v) is 11.0. The molecule has 3 heterocycles. The SMILES string of the molecule is C[C@@H](O)[C@H]1C(=O)N2C(C(=O)O)=C(CSc3cc[n+](Cc4ccccc4)cc3)[C@H](C)[C@H]12. The predicted octanol–water partition coefficient (Wildman–Crippen LogP) is 2.31. The molecule has 30 heavy (non-hydrogen) atoms. The normalized spacial score (nSPS) is 23.9. The van der Waals surface area contributed by atoms with Crippen molar-refractivity contribution in [2.24, 2.45) is 11.8 Å². The van der Waals surface area contributed by atoms with Crippen LogP contribution in [0, 0.1) is 11.8 Å². The molecular weight excluding hydrogens is 400 g/mol. The second-order valence-electron chi connectivity index (χ2n) is 7.91. The first kappa shape index (κ1) is 20.6. The summed E-state index contributed by atoms with van der Waals surface area (Å²) in [6, 6.07) is 14.0. The molecule has 2 N–H and O–H groups in total. The molecule has 1 aromatic carbocycles. The Morgan fingerprint density at radius 3 is 2.47 bits per heavy atom. The fourth-order valence-corrected chi connectivity index (χ4v) is 5.47. The highest BCUT2D eigenvalue weighted by molar-refractivity contribution is 7.99. The lowest BCUT2D eigenvalue weighted by Crippen LogP contribution is -2.63. The lowest BCUT2D eigenvalue weighted by Gasteiger charge is -2.46. The van der Waals surface area contributed by atoms with Gasteiger partial charge in [-0.2, -0.15) is 0 Å². The van der Waals surface area contributed by atoms with Crippen LogP contribution in [0.5, 0.6) is 0 Å². The van der Waals surface area contributed by atoms with Crippen molar-refractivity contribution in [3.8, 4) is 0 Å². The van der Waals surface area contributed by atoms with E-state index in [1.807, 2.05) is 49.6 Å². The van der Waals surface area contributed by atoms with Gasteiger partial charge in [0.1, 0.15) is 5.70 Å². The standard InChI is InChI=1S/C23H24N2O4S/c1-14-18(21(23(28)29)25-20(14)19(15(2)26)22(25)27)13-30-17-8-10-24(11-9-17)12-16-6-4-3-5-7-16/h3-11,14-15,19-20,26H,12-13H2,1-2H3/p+1/t14-,15+,19+,20+/m0/s1. The molecule has 1 amide bonds. The van der Waals surface area contributed by atoms with Gasteiger partial charge in [-0.1, -0.05) is 37.3 Å². The Labute approximate surface area is 179 Å². The van der Waals surface area contributed by atoms with E-state index < -0.39 is 18.0 Å². The van der Waals surface area contributed by atoms with E-state index in [9.17, 15) is 19.8 Å². The minimum Gasteiger partial charge on any atom is -0.477 e. The summed E-state index contributed by atoms with van der Waals surface area (Å²) in [7, 11) is 0. The number of hydrogen-bond acceptors (Lipinski definition) is 4. The van der Waals surface area contributed by atoms with Crippen molar-refractivity contribution in [1.82, 2.24) is 4.90 Å². The fraction of sp³-hybridized carbons (Fsp3) is 0.348. The summed E-state index contributed by atoms with van der Waals surface area (Å²) in [6.07, 6.45) is 3.25. The summed E-state index contributed by atoms with van der Waals surface area (Å²) in [5.74, 6) is -1.48. The molecule has 7 heteroatoms. The number of β-lactam (4-membered cyclic amide) rings is 1. The van der Waals surface area contributed by atoms with E-state index in [-0.39, 0.29) is 23.6 Å². The second kappa shape index (κ2) is 8.24. The largest absolute Gasteiger partial charge is 0.477 e. The molecule has 1 saturated heterocycles. The minimum absolute atomic E-state index is 0.0902. The number of amides is 1. The Kier molecular flexibility index (Phi) is 5.66. The van der Waals surface area contributed by atoms with Crippen molar-refractivity contribution < 1.29 is 24.4 Å². The molecule has 4 atom stereocenters. The lowest BCUT2D eigenvalue weighted by atomic mass is 9.78. The van der Waals surface area contributed by atoms with Crippen molar-refractivity contribution in [2.75, 3.05) is 5.75 Å². The van der Waals surface area contributed by atoms with Crippen LogP contribution < -0.4 is 4.57 Å². The Balaban J connectivity index is 1.46. The molecule has 1 fully saturated rings. The van der Waals surface area contributed by atoms with Gasteiger partial charge in [0.2, 0.25) is 5.91 Å². The van der Waals surface area contributed by atoms with Crippen molar-refractivity contribution in [3.05, 3.63) is 71.7 Å². The minimum atomic E-state index is -1.08. The molecule has 156 valence electrons. The highest BCUT2D eigenvalue weighted by atomic mass is 32.2. The number of pyridine rings is 1. The first-order valence-electron chi connectivity index (χ1n) is 10.0. The third-order valence-corrected chi connectivity index (χ3v) is 7.04. The van der Waals surface area contributed by atoms with E-state index in [1.165, 1.54) is 10.5 Å². The number of hydrogen-bond donors (Lipinski definition) is 2. The molecule has 0 unspecified atom stereocenters. The average Bonchev–Trinajstić information content (AvgIpc) is 2.96. The van der Waals surface area contributed by atoms with Crippen molar-refractivity contribution in [1.29, 1.82) is 0 Å². The highest BCUT2D eigenvalue weighted by Crippen LogP contribution is 2.48. The van der Waals surface area contributed by atoms with E-state index in [1.54, 1.807) is 18.7 Å². The molecule has 4 rings (SSSR count). The highest BCUT2D eigenvalue weighted by Gasteiger charge is 2.59. The van der Waals surface area contributed by atoms with E-state index in [0.717, 1.165) is 17.0 Å². The molecule has 0 saturated carbocycles. The topological polar surface area (TPSA) is 81.7 Å². The summed E-state index contributed by atoms with van der Waals surface area (Å²) in [6.45, 7) is 4.33. The van der Waals surface area contributed by atoms with Gasteiger partial charge in [-0.3, -0.25) is 4.79 Å². The van der Waals surface area contributed by atoms with E-state index >= 15 is 0 Å². The zero-order valence-corrected chi connectivity index (χ0v) is 17.7. The molecule has 0 spiro atoms. The number of aliphatic carboxylic acids is 1. The Hall–Kier alpha value is -2.64. The van der Waals surface area contributed by atoms with Crippen LogP contribution in [0.4, 0.5) is 0 Å². The zero-order valence-electron chi connectivity index (χ0n) is 16.9. The van der Waals surface area contributed by atoms with Gasteiger partial charge in [-0.25, -0.2) is 9.36 Å². The zero-order chi connectivity index (χ0) is 21.4. The number of carboxylic acid groups (broad SMARTS) is 1. The Morgan fingerprint density at radius 1 is 1.20 bits per heavy atom. The maximum Gasteiger partial charge on any atom is 0.352 e. The van der Waals surface area contributed by atoms with Crippen LogP contribution in [-0.2, 0) is 16.1 Å². The third kappa shape index (κ3) is 3.63. The maximum absolute atomic E-state index is 12.4. The predicted molar refractivity (Wildman–Crippen MR) is 113 cm³/mol. The van der Waals surface area contributed by atoms with Gasteiger partial charge >= 0.3 is 5.97 Å². The number of aliphatic hydroxyl groups is 1. The number of nitrogens with zero attached hydrogens (tertiary/aromatic N) is 2. The number of fused-ring (bicyclic) bond motifs is 1. The third-order valence-electron chi connectivity index (χ3n) is 5.98. The number of carboxylic acids is 1. The van der Waals surface area contributed by atoms with Crippen LogP contribution in [0.15, 0.2) is 71.0 Å². The number of carbonyl (C=O) groups is 2. The number of aromatic nitrogens is 1. The van der Waals surface area contributed by atoms with Crippen molar-refractivity contribution in [2.45, 2.75) is 37.4 Å². The monoisotopic (exact) mass is 425 g/mol. The molecule has 2 aromatic rings. The van der Waals surface area contributed by atoms with Crippen molar-refractivity contribution in [3.63, 3.8) is 0 Å². The van der Waals surface area contributed by atoms with Gasteiger partial charge < -0.3 is 15.1 Å². The molecule has 0 bridgehead atoms. The van der Waals surface area contributed by atoms with Crippen LogP contribution in [0.25, 0.3) is 0 Å². The lowest BCUT2D eigenvalue weighted by molar-refractivity contribution is -0.688. The van der Waals surface area contributed by atoms with Gasteiger partial charge in [0, 0.05) is 34.3 Å². The molecule has 6 nitrogen and oxygen atoms in total. The Morgan fingerprint density at radius 2 is 1.87 bits per heavy atom. The van der Waals surface area contributed by atoms with Crippen LogP contribution in [0.3, 0.4) is 0 Å². The summed E-state index contributed by atoms with van der Waals surface area (Å²) < 4.78 is 2.09. The second-order valence-corrected chi connectivity index (χ2v) is 8.96. The Bertz CT molecular complexity index is 988. The molecule has 2 aliphatic rings. The number of benzene rings is 1. The van der Waals surface area contributed by atoms with Crippen LogP contribution in [0.1, 0.15) is 19.4 Å². The van der Waals surface area contributed by atoms with E-state index in [4.69, 9.17) is 0 Å². The van der Waals surface area contributed by atoms with E-state index in [0.29, 0.717) is 5.75 Å². The molecule has 2 aliphatic heterocycles. The summed E-state index contributed by atoms with van der Waals surface area (Å²) in [4.78, 5) is 26.7. The van der Waals surface area contributed by atoms with Gasteiger partial charge in [0.05, 0.1) is 18.1 Å². The van der Waals surface area contributed by atoms with Gasteiger partial charge in [-0.15, -0.1) is 11.8 Å². The molecular formula is C23H25N2O4S+. The summed E-state index contributed by atoms with van der Waals surface area (Å²) in [5, 5.41) is 19.7. The molecule has 0 radical (unpaired) electrons.